The Morgan fingerprint density at radius 3 is 1.70 bits per heavy atom. The molecule has 47 heavy (non-hydrogen) atoms. The average Bonchev–Trinajstić information content (AvgIpc) is 3.53. The highest BCUT2D eigenvalue weighted by Gasteiger charge is 2.18. The molecule has 2 heteroatoms. The van der Waals surface area contributed by atoms with Gasteiger partial charge in [0.25, 0.3) is 0 Å². The lowest BCUT2D eigenvalue weighted by Crippen LogP contribution is -2.36. The Bertz CT molecular complexity index is 2780. The van der Waals surface area contributed by atoms with Gasteiger partial charge < -0.3 is 4.40 Å². The fourth-order valence-corrected chi connectivity index (χ4v) is 7.83. The summed E-state index contributed by atoms with van der Waals surface area (Å²) in [6, 6.07) is 53.3. The monoisotopic (exact) mass is 598 g/mol. The van der Waals surface area contributed by atoms with Gasteiger partial charge in [-0.25, -0.2) is 4.98 Å². The van der Waals surface area contributed by atoms with Crippen LogP contribution in [0.5, 0.6) is 0 Å². The fourth-order valence-electron chi connectivity index (χ4n) is 7.83. The molecule has 9 aromatic rings. The van der Waals surface area contributed by atoms with Crippen LogP contribution in [0.2, 0.25) is 0 Å². The number of nitrogens with zero attached hydrogens (tertiary/aromatic N) is 2. The van der Waals surface area contributed by atoms with Crippen LogP contribution in [0.15, 0.2) is 146 Å². The van der Waals surface area contributed by atoms with Crippen molar-refractivity contribution >= 4 is 60.9 Å². The molecule has 0 amide bonds. The largest absolute Gasteiger partial charge is 0.306 e. The standard InChI is InChI=1S/C45H30N2/c1-2-12-32-27-34(26-21-29(32)11-1)44-37-16-6-4-14-35(37)43(36-15-5-7-17-38(36)44)30-22-24-31(25-23-30)45-42-28-33-13-3-9-19-40(33)47(42)41-20-10-8-18-39(41)46-45/h1-7,9,11-28H,8,10H2. The molecule has 0 N–H and O–H groups in total. The van der Waals surface area contributed by atoms with Crippen molar-refractivity contribution < 1.29 is 0 Å². The van der Waals surface area contributed by atoms with Gasteiger partial charge in [-0.2, -0.15) is 0 Å². The van der Waals surface area contributed by atoms with Gasteiger partial charge in [0.1, 0.15) is 0 Å². The molecule has 2 nitrogen and oxygen atoms in total. The molecule has 2 heterocycles. The lowest BCUT2D eigenvalue weighted by molar-refractivity contribution is 1.01. The molecule has 0 saturated heterocycles. The summed E-state index contributed by atoms with van der Waals surface area (Å²) >= 11 is 0. The molecule has 1 aliphatic rings. The van der Waals surface area contributed by atoms with Crippen LogP contribution in [0.25, 0.3) is 94.4 Å². The first kappa shape index (κ1) is 26.2. The maximum absolute atomic E-state index is 5.27. The Kier molecular flexibility index (Phi) is 5.73. The van der Waals surface area contributed by atoms with Gasteiger partial charge in [0, 0.05) is 10.9 Å². The van der Waals surface area contributed by atoms with Crippen LogP contribution >= 0.6 is 0 Å². The van der Waals surface area contributed by atoms with Crippen molar-refractivity contribution in [3.05, 3.63) is 156 Å². The second-order valence-corrected chi connectivity index (χ2v) is 12.6. The van der Waals surface area contributed by atoms with Gasteiger partial charge in [-0.05, 0) is 85.6 Å². The lowest BCUT2D eigenvalue weighted by atomic mass is 9.85. The highest BCUT2D eigenvalue weighted by Crippen LogP contribution is 2.44. The van der Waals surface area contributed by atoms with E-state index in [1.54, 1.807) is 0 Å². The van der Waals surface area contributed by atoms with E-state index >= 15 is 0 Å². The maximum atomic E-state index is 5.27. The van der Waals surface area contributed by atoms with E-state index in [0.717, 1.165) is 35.0 Å². The van der Waals surface area contributed by atoms with Crippen LogP contribution in [0.3, 0.4) is 0 Å². The van der Waals surface area contributed by atoms with E-state index in [2.05, 4.69) is 162 Å². The third-order valence-electron chi connectivity index (χ3n) is 9.95. The van der Waals surface area contributed by atoms with Crippen LogP contribution in [-0.2, 0) is 0 Å². The van der Waals surface area contributed by atoms with Gasteiger partial charge in [0.05, 0.1) is 27.4 Å². The first-order chi connectivity index (χ1) is 23.3. The first-order valence-corrected chi connectivity index (χ1v) is 16.5. The SMILES string of the molecule is C1=c2nc(-c3ccc(-c4c5ccccc5c(-c5ccc6ccccc6c5)c5ccccc45)cc3)c3cc4ccccc4n3c2=CCC1. The molecule has 0 saturated carbocycles. The number of hydrogen-bond donors (Lipinski definition) is 0. The second-order valence-electron chi connectivity index (χ2n) is 12.6. The molecule has 0 radical (unpaired) electrons. The van der Waals surface area contributed by atoms with E-state index in [-0.39, 0.29) is 0 Å². The number of fused-ring (bicyclic) bond motifs is 8. The molecule has 7 aromatic carbocycles. The summed E-state index contributed by atoms with van der Waals surface area (Å²) in [7, 11) is 0. The topological polar surface area (TPSA) is 17.3 Å². The quantitative estimate of drug-likeness (QED) is 0.185. The smallest absolute Gasteiger partial charge is 0.0950 e. The van der Waals surface area contributed by atoms with E-state index in [0.29, 0.717) is 0 Å². The number of rotatable bonds is 3. The van der Waals surface area contributed by atoms with E-state index < -0.39 is 0 Å². The molecule has 0 spiro atoms. The summed E-state index contributed by atoms with van der Waals surface area (Å²) in [4.78, 5) is 5.27. The van der Waals surface area contributed by atoms with Crippen LogP contribution in [0, 0.1) is 0 Å². The predicted molar refractivity (Wildman–Crippen MR) is 199 cm³/mol. The summed E-state index contributed by atoms with van der Waals surface area (Å²) in [5, 5.41) is 11.1. The van der Waals surface area contributed by atoms with E-state index in [1.165, 1.54) is 70.8 Å². The molecule has 0 fully saturated rings. The molecular formula is C45H30N2. The highest BCUT2D eigenvalue weighted by atomic mass is 14.9. The summed E-state index contributed by atoms with van der Waals surface area (Å²) < 4.78 is 2.41. The second kappa shape index (κ2) is 10.3. The zero-order valence-corrected chi connectivity index (χ0v) is 25.8. The third kappa shape index (κ3) is 4.01. The molecule has 1 aliphatic carbocycles. The Hall–Kier alpha value is -5.99. The molecular weight excluding hydrogens is 569 g/mol. The Balaban J connectivity index is 1.19. The van der Waals surface area contributed by atoms with E-state index in [9.17, 15) is 0 Å². The van der Waals surface area contributed by atoms with Gasteiger partial charge in [0.2, 0.25) is 0 Å². The van der Waals surface area contributed by atoms with E-state index in [1.807, 2.05) is 0 Å². The van der Waals surface area contributed by atoms with Crippen molar-refractivity contribution in [2.45, 2.75) is 12.8 Å². The lowest BCUT2D eigenvalue weighted by Gasteiger charge is -2.18. The Morgan fingerprint density at radius 1 is 0.426 bits per heavy atom. The van der Waals surface area contributed by atoms with Gasteiger partial charge in [0.15, 0.2) is 0 Å². The van der Waals surface area contributed by atoms with Gasteiger partial charge in [-0.15, -0.1) is 0 Å². The Labute approximate surface area is 272 Å². The summed E-state index contributed by atoms with van der Waals surface area (Å²) in [6.45, 7) is 0. The molecule has 220 valence electrons. The number of aromatic nitrogens is 2. The first-order valence-electron chi connectivity index (χ1n) is 16.5. The molecule has 2 aromatic heterocycles. The molecule has 0 unspecified atom stereocenters. The zero-order valence-electron chi connectivity index (χ0n) is 25.8. The maximum Gasteiger partial charge on any atom is 0.0950 e. The van der Waals surface area contributed by atoms with Crippen LogP contribution < -0.4 is 10.7 Å². The number of hydrogen-bond acceptors (Lipinski definition) is 1. The number of benzene rings is 7. The normalized spacial score (nSPS) is 12.9. The van der Waals surface area contributed by atoms with Gasteiger partial charge in [-0.3, -0.25) is 0 Å². The Morgan fingerprint density at radius 2 is 0.979 bits per heavy atom. The van der Waals surface area contributed by atoms with Crippen LogP contribution in [-0.4, -0.2) is 9.38 Å². The van der Waals surface area contributed by atoms with Crippen molar-refractivity contribution in [2.24, 2.45) is 0 Å². The number of para-hydroxylation sites is 1. The highest BCUT2D eigenvalue weighted by molar-refractivity contribution is 6.21. The minimum Gasteiger partial charge on any atom is -0.306 e. The zero-order chi connectivity index (χ0) is 30.9. The average molecular weight is 599 g/mol. The summed E-state index contributed by atoms with van der Waals surface area (Å²) in [5.41, 5.74) is 9.55. The predicted octanol–water partition coefficient (Wildman–Crippen LogP) is 10.3. The summed E-state index contributed by atoms with van der Waals surface area (Å²) in [6.07, 6.45) is 6.70. The minimum atomic E-state index is 1.03. The van der Waals surface area contributed by atoms with Crippen LogP contribution in [0.4, 0.5) is 0 Å². The van der Waals surface area contributed by atoms with Crippen molar-refractivity contribution in [1.82, 2.24) is 9.38 Å². The van der Waals surface area contributed by atoms with E-state index in [4.69, 9.17) is 4.98 Å². The van der Waals surface area contributed by atoms with Crippen molar-refractivity contribution in [2.75, 3.05) is 0 Å². The van der Waals surface area contributed by atoms with Crippen LogP contribution in [0.1, 0.15) is 12.8 Å². The molecule has 0 atom stereocenters. The fraction of sp³-hybridized carbons (Fsp3) is 0.0444. The minimum absolute atomic E-state index is 1.03. The molecule has 10 rings (SSSR count). The van der Waals surface area contributed by atoms with Crippen molar-refractivity contribution in [1.29, 1.82) is 0 Å². The molecule has 0 bridgehead atoms. The third-order valence-corrected chi connectivity index (χ3v) is 9.95. The van der Waals surface area contributed by atoms with Gasteiger partial charge in [-0.1, -0.05) is 140 Å². The van der Waals surface area contributed by atoms with Crippen molar-refractivity contribution in [3.63, 3.8) is 0 Å². The summed E-state index contributed by atoms with van der Waals surface area (Å²) in [5.74, 6) is 0. The van der Waals surface area contributed by atoms with Crippen molar-refractivity contribution in [3.8, 4) is 33.5 Å². The molecule has 0 aliphatic heterocycles. The van der Waals surface area contributed by atoms with Gasteiger partial charge >= 0.3 is 0 Å².